The second-order valence-electron chi connectivity index (χ2n) is 6.28. The molecular formula is C18H22N4O3S. The molecule has 0 saturated carbocycles. The molecule has 0 bridgehead atoms. The summed E-state index contributed by atoms with van der Waals surface area (Å²) in [6.07, 6.45) is 1.65. The number of aromatic nitrogens is 1. The molecule has 8 heteroatoms. The molecule has 1 fully saturated rings. The highest BCUT2D eigenvalue weighted by Crippen LogP contribution is 2.20. The standard InChI is InChI=1S/C18H22N4O3S/c1-20(2)17-16(9-6-10-19-17)18(23)21-11-13-22(14-12-21)26(24,25)15-7-4-3-5-8-15/h3-10H,11-14H2,1-2H3. The van der Waals surface area contributed by atoms with Crippen LogP contribution in [0.4, 0.5) is 5.82 Å². The second kappa shape index (κ2) is 7.43. The number of sulfonamides is 1. The van der Waals surface area contributed by atoms with Gasteiger partial charge in [-0.25, -0.2) is 13.4 Å². The Labute approximate surface area is 153 Å². The summed E-state index contributed by atoms with van der Waals surface area (Å²) in [4.78, 5) is 20.9. The Bertz CT molecular complexity index is 876. The van der Waals surface area contributed by atoms with Crippen molar-refractivity contribution in [1.82, 2.24) is 14.2 Å². The molecule has 3 rings (SSSR count). The topological polar surface area (TPSA) is 73.8 Å². The lowest BCUT2D eigenvalue weighted by Crippen LogP contribution is -2.50. The SMILES string of the molecule is CN(C)c1ncccc1C(=O)N1CCN(S(=O)(=O)c2ccccc2)CC1. The molecule has 1 aromatic heterocycles. The van der Waals surface area contributed by atoms with E-state index < -0.39 is 10.0 Å². The molecule has 1 amide bonds. The van der Waals surface area contributed by atoms with Crippen LogP contribution in [-0.4, -0.2) is 68.8 Å². The Balaban J connectivity index is 1.72. The van der Waals surface area contributed by atoms with Crippen LogP contribution in [0.15, 0.2) is 53.6 Å². The van der Waals surface area contributed by atoms with Crippen LogP contribution < -0.4 is 4.90 Å². The molecule has 0 radical (unpaired) electrons. The number of carbonyl (C=O) groups is 1. The van der Waals surface area contributed by atoms with Gasteiger partial charge < -0.3 is 9.80 Å². The van der Waals surface area contributed by atoms with Crippen LogP contribution in [0, 0.1) is 0 Å². The van der Waals surface area contributed by atoms with E-state index in [0.717, 1.165) is 0 Å². The van der Waals surface area contributed by atoms with Crippen LogP contribution in [0.5, 0.6) is 0 Å². The Morgan fingerprint density at radius 1 is 1.00 bits per heavy atom. The highest BCUT2D eigenvalue weighted by Gasteiger charge is 2.31. The lowest BCUT2D eigenvalue weighted by molar-refractivity contribution is 0.0698. The number of rotatable bonds is 4. The molecule has 1 aliphatic rings. The molecule has 1 saturated heterocycles. The molecule has 138 valence electrons. The fourth-order valence-corrected chi connectivity index (χ4v) is 4.41. The molecule has 7 nitrogen and oxygen atoms in total. The van der Waals surface area contributed by atoms with Gasteiger partial charge in [0.05, 0.1) is 10.5 Å². The van der Waals surface area contributed by atoms with E-state index in [1.54, 1.807) is 58.5 Å². The van der Waals surface area contributed by atoms with E-state index in [-0.39, 0.29) is 23.9 Å². The predicted octanol–water partition coefficient (Wildman–Crippen LogP) is 1.29. The fourth-order valence-electron chi connectivity index (χ4n) is 2.96. The van der Waals surface area contributed by atoms with Crippen LogP contribution in [0.3, 0.4) is 0 Å². The number of anilines is 1. The molecule has 2 aromatic rings. The molecule has 1 aliphatic heterocycles. The van der Waals surface area contributed by atoms with Crippen molar-refractivity contribution in [3.63, 3.8) is 0 Å². The maximum absolute atomic E-state index is 12.8. The highest BCUT2D eigenvalue weighted by atomic mass is 32.2. The van der Waals surface area contributed by atoms with Gasteiger partial charge in [0.25, 0.3) is 5.91 Å². The summed E-state index contributed by atoms with van der Waals surface area (Å²) >= 11 is 0. The summed E-state index contributed by atoms with van der Waals surface area (Å²) in [6, 6.07) is 11.9. The van der Waals surface area contributed by atoms with Crippen LogP contribution in [0.2, 0.25) is 0 Å². The van der Waals surface area contributed by atoms with Crippen molar-refractivity contribution in [3.05, 3.63) is 54.2 Å². The Hall–Kier alpha value is -2.45. The zero-order valence-electron chi connectivity index (χ0n) is 14.9. The first-order chi connectivity index (χ1) is 12.4. The predicted molar refractivity (Wildman–Crippen MR) is 99.7 cm³/mol. The van der Waals surface area contributed by atoms with Gasteiger partial charge in [0.1, 0.15) is 5.82 Å². The molecule has 0 aliphatic carbocycles. The lowest BCUT2D eigenvalue weighted by Gasteiger charge is -2.34. The number of amides is 1. The van der Waals surface area contributed by atoms with Gasteiger partial charge in [-0.15, -0.1) is 0 Å². The third-order valence-corrected chi connectivity index (χ3v) is 6.26. The summed E-state index contributed by atoms with van der Waals surface area (Å²) in [6.45, 7) is 1.26. The number of benzene rings is 1. The van der Waals surface area contributed by atoms with E-state index in [1.807, 2.05) is 14.1 Å². The first-order valence-electron chi connectivity index (χ1n) is 8.38. The smallest absolute Gasteiger partial charge is 0.257 e. The van der Waals surface area contributed by atoms with Crippen LogP contribution >= 0.6 is 0 Å². The first-order valence-corrected chi connectivity index (χ1v) is 9.82. The van der Waals surface area contributed by atoms with E-state index in [4.69, 9.17) is 0 Å². The van der Waals surface area contributed by atoms with Crippen molar-refractivity contribution < 1.29 is 13.2 Å². The van der Waals surface area contributed by atoms with Crippen molar-refractivity contribution in [3.8, 4) is 0 Å². The average Bonchev–Trinajstić information content (AvgIpc) is 2.68. The van der Waals surface area contributed by atoms with Gasteiger partial charge in [0, 0.05) is 46.5 Å². The van der Waals surface area contributed by atoms with E-state index in [0.29, 0.717) is 24.5 Å². The summed E-state index contributed by atoms with van der Waals surface area (Å²) in [5, 5.41) is 0. The minimum absolute atomic E-state index is 0.126. The third kappa shape index (κ3) is 3.56. The largest absolute Gasteiger partial charge is 0.362 e. The monoisotopic (exact) mass is 374 g/mol. The molecule has 2 heterocycles. The second-order valence-corrected chi connectivity index (χ2v) is 8.22. The lowest BCUT2D eigenvalue weighted by atomic mass is 10.2. The maximum Gasteiger partial charge on any atom is 0.257 e. The highest BCUT2D eigenvalue weighted by molar-refractivity contribution is 7.89. The zero-order valence-corrected chi connectivity index (χ0v) is 15.7. The number of hydrogen-bond donors (Lipinski definition) is 0. The number of carbonyl (C=O) groups excluding carboxylic acids is 1. The zero-order chi connectivity index (χ0) is 18.7. The van der Waals surface area contributed by atoms with Gasteiger partial charge in [-0.05, 0) is 24.3 Å². The van der Waals surface area contributed by atoms with E-state index in [1.165, 1.54) is 4.31 Å². The van der Waals surface area contributed by atoms with Crippen molar-refractivity contribution >= 4 is 21.7 Å². The molecule has 0 atom stereocenters. The van der Waals surface area contributed by atoms with Gasteiger partial charge in [-0.1, -0.05) is 18.2 Å². The average molecular weight is 374 g/mol. The van der Waals surface area contributed by atoms with E-state index in [9.17, 15) is 13.2 Å². The van der Waals surface area contributed by atoms with Gasteiger partial charge >= 0.3 is 0 Å². The third-order valence-electron chi connectivity index (χ3n) is 4.35. The minimum atomic E-state index is -3.52. The van der Waals surface area contributed by atoms with E-state index in [2.05, 4.69) is 4.98 Å². The summed E-state index contributed by atoms with van der Waals surface area (Å²) in [5.74, 6) is 0.482. The maximum atomic E-state index is 12.8. The summed E-state index contributed by atoms with van der Waals surface area (Å²) < 4.78 is 26.8. The van der Waals surface area contributed by atoms with Gasteiger partial charge in [0.2, 0.25) is 10.0 Å². The van der Waals surface area contributed by atoms with E-state index >= 15 is 0 Å². The number of hydrogen-bond acceptors (Lipinski definition) is 5. The fraction of sp³-hybridized carbons (Fsp3) is 0.333. The summed E-state index contributed by atoms with van der Waals surface area (Å²) in [5.41, 5.74) is 0.525. The number of nitrogens with zero attached hydrogens (tertiary/aromatic N) is 4. The molecule has 0 spiro atoms. The normalized spacial score (nSPS) is 15.7. The van der Waals surface area contributed by atoms with Crippen molar-refractivity contribution in [1.29, 1.82) is 0 Å². The minimum Gasteiger partial charge on any atom is -0.362 e. The van der Waals surface area contributed by atoms with Crippen LogP contribution in [0.1, 0.15) is 10.4 Å². The van der Waals surface area contributed by atoms with Crippen molar-refractivity contribution in [2.24, 2.45) is 0 Å². The molecular weight excluding hydrogens is 352 g/mol. The molecule has 0 unspecified atom stereocenters. The summed E-state index contributed by atoms with van der Waals surface area (Å²) in [7, 11) is 0.151. The Morgan fingerprint density at radius 3 is 2.27 bits per heavy atom. The van der Waals surface area contributed by atoms with Crippen LogP contribution in [0.25, 0.3) is 0 Å². The molecule has 0 N–H and O–H groups in total. The number of piperazine rings is 1. The van der Waals surface area contributed by atoms with Gasteiger partial charge in [0.15, 0.2) is 0 Å². The molecule has 26 heavy (non-hydrogen) atoms. The van der Waals surface area contributed by atoms with Crippen molar-refractivity contribution in [2.75, 3.05) is 45.2 Å². The van der Waals surface area contributed by atoms with Gasteiger partial charge in [-0.2, -0.15) is 4.31 Å². The Kier molecular flexibility index (Phi) is 5.24. The quantitative estimate of drug-likeness (QED) is 0.806. The van der Waals surface area contributed by atoms with Crippen molar-refractivity contribution in [2.45, 2.75) is 4.90 Å². The van der Waals surface area contributed by atoms with Crippen LogP contribution in [-0.2, 0) is 10.0 Å². The van der Waals surface area contributed by atoms with Gasteiger partial charge in [-0.3, -0.25) is 4.79 Å². The first kappa shape index (κ1) is 18.3. The number of pyridine rings is 1. The molecule has 1 aromatic carbocycles. The Morgan fingerprint density at radius 2 is 1.65 bits per heavy atom.